The number of aryl methyl sites for hydroxylation is 1. The summed E-state index contributed by atoms with van der Waals surface area (Å²) in [5, 5.41) is 19.1. The molecule has 1 rings (SSSR count). The summed E-state index contributed by atoms with van der Waals surface area (Å²) < 4.78 is 18.6. The van der Waals surface area contributed by atoms with Gasteiger partial charge in [-0.2, -0.15) is 0 Å². The van der Waals surface area contributed by atoms with Gasteiger partial charge in [-0.05, 0) is 19.9 Å². The van der Waals surface area contributed by atoms with Crippen molar-refractivity contribution >= 4 is 11.7 Å². The number of ether oxygens (including phenoxy) is 1. The summed E-state index contributed by atoms with van der Waals surface area (Å²) >= 11 is 0. The van der Waals surface area contributed by atoms with Crippen molar-refractivity contribution in [1.82, 2.24) is 0 Å². The van der Waals surface area contributed by atoms with E-state index in [1.165, 1.54) is 19.9 Å². The zero-order valence-electron chi connectivity index (χ0n) is 9.84. The molecule has 0 aromatic heterocycles. The molecule has 0 fully saturated rings. The van der Waals surface area contributed by atoms with E-state index in [2.05, 4.69) is 0 Å². The zero-order chi connectivity index (χ0) is 13.9. The van der Waals surface area contributed by atoms with Gasteiger partial charge in [0.25, 0.3) is 5.69 Å². The van der Waals surface area contributed by atoms with Crippen molar-refractivity contribution in [3.8, 4) is 5.75 Å². The number of nitrogens with zero attached hydrogens (tertiary/aromatic N) is 1. The van der Waals surface area contributed by atoms with Gasteiger partial charge >= 0.3 is 5.97 Å². The lowest BCUT2D eigenvalue weighted by atomic mass is 10.2. The lowest BCUT2D eigenvalue weighted by Gasteiger charge is -2.13. The Morgan fingerprint density at radius 2 is 2.22 bits per heavy atom. The summed E-state index contributed by atoms with van der Waals surface area (Å²) in [6.45, 7) is 2.93. The first-order chi connectivity index (χ1) is 8.31. The fourth-order valence-corrected chi connectivity index (χ4v) is 1.44. The number of carboxylic acids is 1. The van der Waals surface area contributed by atoms with Crippen LogP contribution in [0.5, 0.6) is 5.75 Å². The molecule has 1 atom stereocenters. The second-order valence-electron chi connectivity index (χ2n) is 3.85. The van der Waals surface area contributed by atoms with Gasteiger partial charge in [-0.3, -0.25) is 14.9 Å². The van der Waals surface area contributed by atoms with Gasteiger partial charge in [0.05, 0.1) is 17.4 Å². The number of nitro benzene ring substituents is 1. The van der Waals surface area contributed by atoms with Crippen LogP contribution in [0, 0.1) is 22.9 Å². The van der Waals surface area contributed by atoms with E-state index in [0.717, 1.165) is 6.07 Å². The molecule has 1 N–H and O–H groups in total. The number of hydrogen-bond donors (Lipinski definition) is 1. The van der Waals surface area contributed by atoms with Crippen LogP contribution in [0.15, 0.2) is 12.1 Å². The van der Waals surface area contributed by atoms with E-state index in [1.54, 1.807) is 0 Å². The highest BCUT2D eigenvalue weighted by molar-refractivity contribution is 5.67. The molecule has 0 spiro atoms. The largest absolute Gasteiger partial charge is 0.487 e. The average Bonchev–Trinajstić information content (AvgIpc) is 2.21. The number of aliphatic carboxylic acids is 1. The molecule has 6 nitrogen and oxygen atoms in total. The monoisotopic (exact) mass is 257 g/mol. The number of carboxylic acid groups (broad SMARTS) is 1. The van der Waals surface area contributed by atoms with E-state index in [0.29, 0.717) is 0 Å². The number of carbonyl (C=O) groups is 1. The topological polar surface area (TPSA) is 89.7 Å². The lowest BCUT2D eigenvalue weighted by molar-refractivity contribution is -0.385. The summed E-state index contributed by atoms with van der Waals surface area (Å²) in [7, 11) is 0. The van der Waals surface area contributed by atoms with E-state index < -0.39 is 22.8 Å². The Hall–Kier alpha value is -2.18. The van der Waals surface area contributed by atoms with Gasteiger partial charge in [-0.25, -0.2) is 4.39 Å². The van der Waals surface area contributed by atoms with Gasteiger partial charge in [-0.15, -0.1) is 0 Å². The Labute approximate surface area is 102 Å². The van der Waals surface area contributed by atoms with Crippen molar-refractivity contribution in [2.24, 2.45) is 0 Å². The maximum absolute atomic E-state index is 13.5. The summed E-state index contributed by atoms with van der Waals surface area (Å²) in [6, 6.07) is 1.95. The molecule has 98 valence electrons. The van der Waals surface area contributed by atoms with Crippen molar-refractivity contribution in [3.63, 3.8) is 0 Å². The third kappa shape index (κ3) is 3.41. The summed E-state index contributed by atoms with van der Waals surface area (Å²) in [4.78, 5) is 20.3. The van der Waals surface area contributed by atoms with Gasteiger partial charge in [0, 0.05) is 5.56 Å². The minimum absolute atomic E-state index is 0.188. The van der Waals surface area contributed by atoms with E-state index in [1.807, 2.05) is 0 Å². The molecule has 0 aliphatic heterocycles. The molecule has 0 saturated carbocycles. The number of benzene rings is 1. The van der Waals surface area contributed by atoms with Crippen molar-refractivity contribution in [2.45, 2.75) is 26.4 Å². The molecule has 0 aliphatic carbocycles. The zero-order valence-corrected chi connectivity index (χ0v) is 9.84. The van der Waals surface area contributed by atoms with Crippen LogP contribution in [0.25, 0.3) is 0 Å². The second kappa shape index (κ2) is 5.44. The summed E-state index contributed by atoms with van der Waals surface area (Å²) in [5.74, 6) is -2.14. The number of halogens is 1. The van der Waals surface area contributed by atoms with Crippen molar-refractivity contribution in [2.75, 3.05) is 0 Å². The van der Waals surface area contributed by atoms with Crippen LogP contribution in [-0.2, 0) is 4.79 Å². The molecule has 18 heavy (non-hydrogen) atoms. The first kappa shape index (κ1) is 13.9. The second-order valence-corrected chi connectivity index (χ2v) is 3.85. The predicted molar refractivity (Wildman–Crippen MR) is 60.1 cm³/mol. The number of rotatable bonds is 5. The fourth-order valence-electron chi connectivity index (χ4n) is 1.44. The molecule has 7 heteroatoms. The molecule has 0 amide bonds. The highest BCUT2D eigenvalue weighted by atomic mass is 19.1. The lowest BCUT2D eigenvalue weighted by Crippen LogP contribution is -2.17. The Morgan fingerprint density at radius 3 is 2.72 bits per heavy atom. The summed E-state index contributed by atoms with van der Waals surface area (Å²) in [5.41, 5.74) is -0.0929. The van der Waals surface area contributed by atoms with E-state index in [9.17, 15) is 19.3 Å². The minimum atomic E-state index is -1.07. The molecule has 0 radical (unpaired) electrons. The highest BCUT2D eigenvalue weighted by Gasteiger charge is 2.18. The van der Waals surface area contributed by atoms with E-state index in [4.69, 9.17) is 9.84 Å². The molecular formula is C11H12FNO5. The first-order valence-corrected chi connectivity index (χ1v) is 5.14. The Morgan fingerprint density at radius 1 is 1.61 bits per heavy atom. The maximum Gasteiger partial charge on any atom is 0.307 e. The Bertz CT molecular complexity index is 489. The van der Waals surface area contributed by atoms with Gasteiger partial charge in [0.15, 0.2) is 11.6 Å². The molecular weight excluding hydrogens is 245 g/mol. The molecule has 0 aliphatic rings. The van der Waals surface area contributed by atoms with Crippen LogP contribution in [0.2, 0.25) is 0 Å². The SMILES string of the molecule is Cc1cc(O[C@H](C)CC(=O)O)c(F)cc1[N+](=O)[O-]. The maximum atomic E-state index is 13.5. The smallest absolute Gasteiger partial charge is 0.307 e. The number of nitro groups is 1. The van der Waals surface area contributed by atoms with Gasteiger partial charge in [0.1, 0.15) is 6.10 Å². The van der Waals surface area contributed by atoms with Crippen LogP contribution < -0.4 is 4.74 Å². The van der Waals surface area contributed by atoms with Gasteiger partial charge < -0.3 is 9.84 Å². The summed E-state index contributed by atoms with van der Waals surface area (Å²) in [6.07, 6.45) is -1.01. The predicted octanol–water partition coefficient (Wildman–Crippen LogP) is 2.28. The number of hydrogen-bond acceptors (Lipinski definition) is 4. The quantitative estimate of drug-likeness (QED) is 0.645. The molecule has 0 bridgehead atoms. The van der Waals surface area contributed by atoms with Crippen LogP contribution in [0.3, 0.4) is 0 Å². The van der Waals surface area contributed by atoms with Crippen molar-refractivity contribution in [1.29, 1.82) is 0 Å². The van der Waals surface area contributed by atoms with Gasteiger partial charge in [0.2, 0.25) is 0 Å². The normalized spacial score (nSPS) is 11.9. The Balaban J connectivity index is 2.94. The molecule has 0 unspecified atom stereocenters. The van der Waals surface area contributed by atoms with Crippen LogP contribution in [0.4, 0.5) is 10.1 Å². The highest BCUT2D eigenvalue weighted by Crippen LogP contribution is 2.27. The van der Waals surface area contributed by atoms with E-state index in [-0.39, 0.29) is 23.4 Å². The van der Waals surface area contributed by atoms with E-state index >= 15 is 0 Å². The third-order valence-corrected chi connectivity index (χ3v) is 2.24. The molecule has 1 aromatic rings. The fraction of sp³-hybridized carbons (Fsp3) is 0.364. The van der Waals surface area contributed by atoms with Crippen molar-refractivity contribution < 1.29 is 24.0 Å². The third-order valence-electron chi connectivity index (χ3n) is 2.24. The standard InChI is InChI=1S/C11H12FNO5/c1-6-3-10(18-7(2)4-11(14)15)8(12)5-9(6)13(16)17/h3,5,7H,4H2,1-2H3,(H,14,15)/t7-/m1/s1. The van der Waals surface area contributed by atoms with Crippen molar-refractivity contribution in [3.05, 3.63) is 33.6 Å². The molecule has 0 heterocycles. The minimum Gasteiger partial charge on any atom is -0.487 e. The van der Waals surface area contributed by atoms with Crippen LogP contribution in [0.1, 0.15) is 18.9 Å². The van der Waals surface area contributed by atoms with Crippen LogP contribution in [-0.4, -0.2) is 22.1 Å². The molecule has 0 saturated heterocycles. The Kier molecular flexibility index (Phi) is 4.19. The van der Waals surface area contributed by atoms with Crippen LogP contribution >= 0.6 is 0 Å². The van der Waals surface area contributed by atoms with Gasteiger partial charge in [-0.1, -0.05) is 0 Å². The first-order valence-electron chi connectivity index (χ1n) is 5.14. The molecule has 1 aromatic carbocycles. The average molecular weight is 257 g/mol.